The van der Waals surface area contributed by atoms with E-state index in [1.807, 2.05) is 53.4 Å². The van der Waals surface area contributed by atoms with Crippen molar-refractivity contribution in [2.75, 3.05) is 6.54 Å². The maximum absolute atomic E-state index is 13.3. The molecule has 2 aromatic carbocycles. The van der Waals surface area contributed by atoms with Gasteiger partial charge in [0.05, 0.1) is 23.6 Å². The molecule has 1 aliphatic heterocycles. The average molecular weight is 421 g/mol. The summed E-state index contributed by atoms with van der Waals surface area (Å²) < 4.78 is 11.2. The Morgan fingerprint density at radius 1 is 0.781 bits per heavy atom. The second-order valence-corrected chi connectivity index (χ2v) is 7.82. The summed E-state index contributed by atoms with van der Waals surface area (Å²) in [6, 6.07) is 21.1. The molecule has 0 aliphatic carbocycles. The molecule has 0 N–H and O–H groups in total. The minimum Gasteiger partial charge on any atom is -0.463 e. The van der Waals surface area contributed by atoms with Crippen molar-refractivity contribution in [1.29, 1.82) is 0 Å². The van der Waals surface area contributed by atoms with E-state index in [1.165, 1.54) is 11.1 Å². The Kier molecular flexibility index (Phi) is 4.35. The number of hydrogen-bond acceptors (Lipinski definition) is 5. The number of rotatable bonds is 3. The Hall–Kier alpha value is -4.19. The molecule has 4 heterocycles. The second kappa shape index (κ2) is 7.50. The molecule has 0 unspecified atom stereocenters. The molecule has 6 nitrogen and oxygen atoms in total. The van der Waals surface area contributed by atoms with Gasteiger partial charge in [-0.15, -0.1) is 0 Å². The zero-order valence-electron chi connectivity index (χ0n) is 17.2. The lowest BCUT2D eigenvalue weighted by Crippen LogP contribution is -2.35. The van der Waals surface area contributed by atoms with Gasteiger partial charge in [0.2, 0.25) is 0 Å². The first-order valence-corrected chi connectivity index (χ1v) is 10.5. The number of carbonyl (C=O) groups excluding carboxylic acids is 1. The molecular formula is C26H19N3O3. The van der Waals surface area contributed by atoms with E-state index in [4.69, 9.17) is 18.8 Å². The van der Waals surface area contributed by atoms with Gasteiger partial charge in [0.15, 0.2) is 11.5 Å². The second-order valence-electron chi connectivity index (χ2n) is 7.82. The Bertz CT molecular complexity index is 1420. The highest BCUT2D eigenvalue weighted by atomic mass is 16.3. The van der Waals surface area contributed by atoms with Crippen molar-refractivity contribution in [1.82, 2.24) is 14.9 Å². The minimum absolute atomic E-state index is 0.00198. The first-order valence-electron chi connectivity index (χ1n) is 10.5. The summed E-state index contributed by atoms with van der Waals surface area (Å²) in [6.45, 7) is 1.32. The number of carbonyl (C=O) groups is 1. The van der Waals surface area contributed by atoms with Crippen molar-refractivity contribution in [3.05, 3.63) is 95.9 Å². The number of amides is 1. The van der Waals surface area contributed by atoms with Crippen molar-refractivity contribution in [2.45, 2.75) is 13.0 Å². The normalized spacial score (nSPS) is 13.3. The summed E-state index contributed by atoms with van der Waals surface area (Å²) in [7, 11) is 0. The van der Waals surface area contributed by atoms with E-state index >= 15 is 0 Å². The van der Waals surface area contributed by atoms with Crippen LogP contribution >= 0.6 is 0 Å². The lowest BCUT2D eigenvalue weighted by atomic mass is 9.99. The lowest BCUT2D eigenvalue weighted by molar-refractivity contribution is 0.0735. The standard InChI is InChI=1S/C26H19N3O3/c30-26(29-12-11-17-5-1-2-6-19(17)16-29)18-9-10-20-21(15-18)28-25(23-8-4-14-32-23)24(27-20)22-7-3-13-31-22/h1-10,13-15H,11-12,16H2. The molecular weight excluding hydrogens is 402 g/mol. The van der Waals surface area contributed by atoms with E-state index in [2.05, 4.69) is 12.1 Å². The van der Waals surface area contributed by atoms with Gasteiger partial charge in [-0.25, -0.2) is 9.97 Å². The molecule has 6 rings (SSSR count). The Labute approximate surface area is 184 Å². The molecule has 32 heavy (non-hydrogen) atoms. The third-order valence-electron chi connectivity index (χ3n) is 5.84. The van der Waals surface area contributed by atoms with Crippen molar-refractivity contribution in [2.24, 2.45) is 0 Å². The highest BCUT2D eigenvalue weighted by Gasteiger charge is 2.23. The van der Waals surface area contributed by atoms with Gasteiger partial charge in [0.25, 0.3) is 5.91 Å². The van der Waals surface area contributed by atoms with Crippen LogP contribution < -0.4 is 0 Å². The molecule has 0 fully saturated rings. The van der Waals surface area contributed by atoms with E-state index in [0.29, 0.717) is 52.6 Å². The third kappa shape index (κ3) is 3.17. The van der Waals surface area contributed by atoms with Crippen LogP contribution in [0.3, 0.4) is 0 Å². The van der Waals surface area contributed by atoms with Crippen LogP contribution in [0.1, 0.15) is 21.5 Å². The van der Waals surface area contributed by atoms with Crippen LogP contribution in [0, 0.1) is 0 Å². The van der Waals surface area contributed by atoms with Crippen LogP contribution in [-0.4, -0.2) is 27.3 Å². The maximum atomic E-state index is 13.3. The number of hydrogen-bond donors (Lipinski definition) is 0. The molecule has 0 radical (unpaired) electrons. The Morgan fingerprint density at radius 2 is 1.47 bits per heavy atom. The summed E-state index contributed by atoms with van der Waals surface area (Å²) in [4.78, 5) is 24.7. The highest BCUT2D eigenvalue weighted by molar-refractivity contribution is 5.98. The minimum atomic E-state index is -0.00198. The van der Waals surface area contributed by atoms with E-state index in [1.54, 1.807) is 18.6 Å². The van der Waals surface area contributed by atoms with Crippen molar-refractivity contribution in [3.63, 3.8) is 0 Å². The molecule has 5 aromatic rings. The van der Waals surface area contributed by atoms with Crippen LogP contribution in [0.25, 0.3) is 33.9 Å². The van der Waals surface area contributed by atoms with Crippen LogP contribution in [-0.2, 0) is 13.0 Å². The van der Waals surface area contributed by atoms with Gasteiger partial charge < -0.3 is 13.7 Å². The first kappa shape index (κ1) is 18.6. The third-order valence-corrected chi connectivity index (χ3v) is 5.84. The topological polar surface area (TPSA) is 72.4 Å². The van der Waals surface area contributed by atoms with Gasteiger partial charge in [0, 0.05) is 18.7 Å². The number of nitrogens with zero attached hydrogens (tertiary/aromatic N) is 3. The monoisotopic (exact) mass is 421 g/mol. The maximum Gasteiger partial charge on any atom is 0.254 e. The molecule has 156 valence electrons. The van der Waals surface area contributed by atoms with Gasteiger partial charge in [-0.2, -0.15) is 0 Å². The molecule has 1 aliphatic rings. The van der Waals surface area contributed by atoms with Crippen LogP contribution in [0.4, 0.5) is 0 Å². The lowest BCUT2D eigenvalue weighted by Gasteiger charge is -2.29. The fourth-order valence-corrected chi connectivity index (χ4v) is 4.21. The van der Waals surface area contributed by atoms with Crippen molar-refractivity contribution in [3.8, 4) is 22.9 Å². The fourth-order valence-electron chi connectivity index (χ4n) is 4.21. The SMILES string of the molecule is O=C(c1ccc2nc(-c3ccco3)c(-c3ccco3)nc2c1)N1CCc2ccccc2C1. The van der Waals surface area contributed by atoms with E-state index in [0.717, 1.165) is 6.42 Å². The molecule has 3 aromatic heterocycles. The molecule has 6 heteroatoms. The van der Waals surface area contributed by atoms with Gasteiger partial charge in [-0.1, -0.05) is 24.3 Å². The zero-order chi connectivity index (χ0) is 21.5. The summed E-state index contributed by atoms with van der Waals surface area (Å²) in [5.41, 5.74) is 5.62. The predicted octanol–water partition coefficient (Wildman–Crippen LogP) is 5.35. The number of furan rings is 2. The highest BCUT2D eigenvalue weighted by Crippen LogP contribution is 2.32. The molecule has 0 saturated carbocycles. The number of aromatic nitrogens is 2. The van der Waals surface area contributed by atoms with Gasteiger partial charge in [-0.3, -0.25) is 4.79 Å². The van der Waals surface area contributed by atoms with Crippen LogP contribution in [0.2, 0.25) is 0 Å². The molecule has 1 amide bonds. The van der Waals surface area contributed by atoms with Crippen molar-refractivity contribution >= 4 is 16.9 Å². The number of fused-ring (bicyclic) bond motifs is 2. The van der Waals surface area contributed by atoms with Gasteiger partial charge in [0.1, 0.15) is 11.4 Å². The predicted molar refractivity (Wildman–Crippen MR) is 120 cm³/mol. The van der Waals surface area contributed by atoms with E-state index in [-0.39, 0.29) is 5.91 Å². The van der Waals surface area contributed by atoms with Crippen LogP contribution in [0.5, 0.6) is 0 Å². The van der Waals surface area contributed by atoms with Crippen molar-refractivity contribution < 1.29 is 13.6 Å². The molecule has 0 atom stereocenters. The number of benzene rings is 2. The Morgan fingerprint density at radius 3 is 2.16 bits per heavy atom. The smallest absolute Gasteiger partial charge is 0.254 e. The fraction of sp³-hybridized carbons (Fsp3) is 0.115. The Balaban J connectivity index is 1.40. The quantitative estimate of drug-likeness (QED) is 0.393. The largest absolute Gasteiger partial charge is 0.463 e. The summed E-state index contributed by atoms with van der Waals surface area (Å²) in [6.07, 6.45) is 4.07. The van der Waals surface area contributed by atoms with E-state index in [9.17, 15) is 4.79 Å². The zero-order valence-corrected chi connectivity index (χ0v) is 17.2. The molecule has 0 saturated heterocycles. The molecule has 0 spiro atoms. The molecule has 0 bridgehead atoms. The summed E-state index contributed by atoms with van der Waals surface area (Å²) in [5.74, 6) is 1.20. The summed E-state index contributed by atoms with van der Waals surface area (Å²) in [5, 5.41) is 0. The van der Waals surface area contributed by atoms with Crippen LogP contribution in [0.15, 0.2) is 88.1 Å². The van der Waals surface area contributed by atoms with Gasteiger partial charge in [-0.05, 0) is 60.0 Å². The first-order chi connectivity index (χ1) is 15.8. The van der Waals surface area contributed by atoms with E-state index < -0.39 is 0 Å². The summed E-state index contributed by atoms with van der Waals surface area (Å²) >= 11 is 0. The van der Waals surface area contributed by atoms with Gasteiger partial charge >= 0.3 is 0 Å². The average Bonchev–Trinajstić information content (AvgIpc) is 3.57.